The van der Waals surface area contributed by atoms with E-state index in [1.54, 1.807) is 0 Å². The van der Waals surface area contributed by atoms with Gasteiger partial charge < -0.3 is 16.8 Å². The fourth-order valence-electron chi connectivity index (χ4n) is 0.896. The number of hydrogen-bond donors (Lipinski definition) is 3. The first kappa shape index (κ1) is 11.0. The van der Waals surface area contributed by atoms with Gasteiger partial charge in [0.2, 0.25) is 5.91 Å². The minimum absolute atomic E-state index is 0.344. The molecule has 0 bridgehead atoms. The Hall–Kier alpha value is -1.07. The van der Waals surface area contributed by atoms with Gasteiger partial charge in [0, 0.05) is 16.7 Å². The molecular formula is C9H12BrN3O. The minimum atomic E-state index is -0.654. The number of halogens is 1. The standard InChI is InChI=1S/C9H12BrN3O/c10-6-1-3-7(4-2-6)13-5-8(11)9(12)14/h1-4,8,13H,5,11H2,(H2,12,14). The van der Waals surface area contributed by atoms with E-state index in [1.807, 2.05) is 24.3 Å². The number of primary amides is 1. The zero-order valence-corrected chi connectivity index (χ0v) is 9.12. The Labute approximate surface area is 90.8 Å². The van der Waals surface area contributed by atoms with Gasteiger partial charge in [0.25, 0.3) is 0 Å². The van der Waals surface area contributed by atoms with Gasteiger partial charge in [-0.05, 0) is 24.3 Å². The van der Waals surface area contributed by atoms with Crippen LogP contribution in [0.3, 0.4) is 0 Å². The summed E-state index contributed by atoms with van der Waals surface area (Å²) < 4.78 is 1.00. The first-order valence-electron chi connectivity index (χ1n) is 4.14. The number of rotatable bonds is 4. The van der Waals surface area contributed by atoms with Crippen molar-refractivity contribution in [2.24, 2.45) is 11.5 Å². The Morgan fingerprint density at radius 3 is 2.50 bits per heavy atom. The van der Waals surface area contributed by atoms with E-state index >= 15 is 0 Å². The number of nitrogens with one attached hydrogen (secondary N) is 1. The molecule has 0 saturated heterocycles. The van der Waals surface area contributed by atoms with Crippen molar-refractivity contribution in [3.8, 4) is 0 Å². The van der Waals surface area contributed by atoms with Crippen molar-refractivity contribution in [2.45, 2.75) is 6.04 Å². The molecule has 1 unspecified atom stereocenters. The fraction of sp³-hybridized carbons (Fsp3) is 0.222. The number of carbonyl (C=O) groups is 1. The highest BCUT2D eigenvalue weighted by molar-refractivity contribution is 9.10. The van der Waals surface area contributed by atoms with Crippen LogP contribution in [0, 0.1) is 0 Å². The van der Waals surface area contributed by atoms with Crippen LogP contribution in [-0.2, 0) is 4.79 Å². The molecule has 0 spiro atoms. The summed E-state index contributed by atoms with van der Waals surface area (Å²) in [5.41, 5.74) is 11.4. The molecule has 5 heteroatoms. The summed E-state index contributed by atoms with van der Waals surface area (Å²) in [5, 5.41) is 3.01. The lowest BCUT2D eigenvalue weighted by molar-refractivity contribution is -0.118. The second-order valence-corrected chi connectivity index (χ2v) is 3.81. The zero-order chi connectivity index (χ0) is 10.6. The number of benzene rings is 1. The molecule has 0 aliphatic carbocycles. The molecule has 76 valence electrons. The monoisotopic (exact) mass is 257 g/mol. The van der Waals surface area contributed by atoms with E-state index in [1.165, 1.54) is 0 Å². The van der Waals surface area contributed by atoms with E-state index in [0.717, 1.165) is 10.2 Å². The van der Waals surface area contributed by atoms with Gasteiger partial charge in [-0.3, -0.25) is 4.79 Å². The SMILES string of the molecule is NC(=O)C(N)CNc1ccc(Br)cc1. The molecule has 1 atom stereocenters. The van der Waals surface area contributed by atoms with Crippen molar-refractivity contribution in [1.82, 2.24) is 0 Å². The van der Waals surface area contributed by atoms with Gasteiger partial charge in [-0.25, -0.2) is 0 Å². The summed E-state index contributed by atoms with van der Waals surface area (Å²) >= 11 is 3.32. The number of hydrogen-bond acceptors (Lipinski definition) is 3. The normalized spacial score (nSPS) is 12.1. The van der Waals surface area contributed by atoms with Gasteiger partial charge in [0.05, 0.1) is 0 Å². The Morgan fingerprint density at radius 2 is 2.00 bits per heavy atom. The van der Waals surface area contributed by atoms with E-state index in [0.29, 0.717) is 6.54 Å². The van der Waals surface area contributed by atoms with Gasteiger partial charge in [0.15, 0.2) is 0 Å². The van der Waals surface area contributed by atoms with Crippen LogP contribution >= 0.6 is 15.9 Å². The Morgan fingerprint density at radius 1 is 1.43 bits per heavy atom. The summed E-state index contributed by atoms with van der Waals surface area (Å²) in [4.78, 5) is 10.6. The van der Waals surface area contributed by atoms with E-state index in [2.05, 4.69) is 21.2 Å². The van der Waals surface area contributed by atoms with Crippen molar-refractivity contribution in [3.05, 3.63) is 28.7 Å². The maximum atomic E-state index is 10.6. The van der Waals surface area contributed by atoms with E-state index < -0.39 is 11.9 Å². The zero-order valence-electron chi connectivity index (χ0n) is 7.53. The maximum Gasteiger partial charge on any atom is 0.236 e. The summed E-state index contributed by atoms with van der Waals surface area (Å²) in [6.07, 6.45) is 0. The molecule has 1 aromatic rings. The first-order chi connectivity index (χ1) is 6.59. The van der Waals surface area contributed by atoms with Crippen LogP contribution in [0.2, 0.25) is 0 Å². The maximum absolute atomic E-state index is 10.6. The predicted octanol–water partition coefficient (Wildman–Crippen LogP) is 0.674. The highest BCUT2D eigenvalue weighted by Crippen LogP contribution is 2.13. The van der Waals surface area contributed by atoms with Crippen LogP contribution < -0.4 is 16.8 Å². The van der Waals surface area contributed by atoms with Crippen LogP contribution in [0.15, 0.2) is 28.7 Å². The van der Waals surface area contributed by atoms with E-state index in [4.69, 9.17) is 11.5 Å². The second-order valence-electron chi connectivity index (χ2n) is 2.90. The molecular weight excluding hydrogens is 246 g/mol. The lowest BCUT2D eigenvalue weighted by Crippen LogP contribution is -2.41. The largest absolute Gasteiger partial charge is 0.383 e. The van der Waals surface area contributed by atoms with Gasteiger partial charge in [0.1, 0.15) is 6.04 Å². The molecule has 0 radical (unpaired) electrons. The number of carbonyl (C=O) groups excluding carboxylic acids is 1. The summed E-state index contributed by atoms with van der Waals surface area (Å²) in [6.45, 7) is 0.344. The van der Waals surface area contributed by atoms with Crippen LogP contribution in [-0.4, -0.2) is 18.5 Å². The topological polar surface area (TPSA) is 81.1 Å². The van der Waals surface area contributed by atoms with Gasteiger partial charge in [-0.2, -0.15) is 0 Å². The van der Waals surface area contributed by atoms with Crippen LogP contribution in [0.4, 0.5) is 5.69 Å². The predicted molar refractivity (Wildman–Crippen MR) is 59.8 cm³/mol. The molecule has 0 saturated carbocycles. The fourth-order valence-corrected chi connectivity index (χ4v) is 1.16. The number of amides is 1. The van der Waals surface area contributed by atoms with Crippen LogP contribution in [0.1, 0.15) is 0 Å². The summed E-state index contributed by atoms with van der Waals surface area (Å²) in [6, 6.07) is 6.92. The smallest absolute Gasteiger partial charge is 0.236 e. The highest BCUT2D eigenvalue weighted by Gasteiger charge is 2.07. The summed E-state index contributed by atoms with van der Waals surface area (Å²) in [5.74, 6) is -0.505. The molecule has 1 rings (SSSR count). The Balaban J connectivity index is 2.46. The third kappa shape index (κ3) is 3.35. The molecule has 0 fully saturated rings. The van der Waals surface area contributed by atoms with Crippen molar-refractivity contribution < 1.29 is 4.79 Å². The lowest BCUT2D eigenvalue weighted by Gasteiger charge is -2.10. The molecule has 1 aromatic carbocycles. The molecule has 14 heavy (non-hydrogen) atoms. The van der Waals surface area contributed by atoms with Gasteiger partial charge in [-0.1, -0.05) is 15.9 Å². The minimum Gasteiger partial charge on any atom is -0.383 e. The van der Waals surface area contributed by atoms with Crippen molar-refractivity contribution in [2.75, 3.05) is 11.9 Å². The number of anilines is 1. The van der Waals surface area contributed by atoms with Crippen molar-refractivity contribution in [1.29, 1.82) is 0 Å². The average molecular weight is 258 g/mol. The summed E-state index contributed by atoms with van der Waals surface area (Å²) in [7, 11) is 0. The quantitative estimate of drug-likeness (QED) is 0.742. The third-order valence-electron chi connectivity index (χ3n) is 1.74. The van der Waals surface area contributed by atoms with Crippen molar-refractivity contribution in [3.63, 3.8) is 0 Å². The number of nitrogens with two attached hydrogens (primary N) is 2. The lowest BCUT2D eigenvalue weighted by atomic mass is 10.2. The average Bonchev–Trinajstić information content (AvgIpc) is 2.16. The molecule has 1 amide bonds. The highest BCUT2D eigenvalue weighted by atomic mass is 79.9. The van der Waals surface area contributed by atoms with E-state index in [-0.39, 0.29) is 0 Å². The van der Waals surface area contributed by atoms with Crippen molar-refractivity contribution >= 4 is 27.5 Å². The van der Waals surface area contributed by atoms with Gasteiger partial charge in [-0.15, -0.1) is 0 Å². The molecule has 5 N–H and O–H groups in total. The Bertz CT molecular complexity index is 312. The molecule has 0 aliphatic rings. The third-order valence-corrected chi connectivity index (χ3v) is 2.26. The molecule has 0 heterocycles. The Kier molecular flexibility index (Phi) is 3.91. The molecule has 0 aromatic heterocycles. The van der Waals surface area contributed by atoms with Gasteiger partial charge >= 0.3 is 0 Å². The molecule has 4 nitrogen and oxygen atoms in total. The van der Waals surface area contributed by atoms with Crippen LogP contribution in [0.25, 0.3) is 0 Å². The van der Waals surface area contributed by atoms with E-state index in [9.17, 15) is 4.79 Å². The van der Waals surface area contributed by atoms with Crippen LogP contribution in [0.5, 0.6) is 0 Å². The first-order valence-corrected chi connectivity index (χ1v) is 4.93. The second kappa shape index (κ2) is 4.97. The molecule has 0 aliphatic heterocycles.